The number of carbonyl (C=O) groups excluding carboxylic acids is 1. The maximum atomic E-state index is 13.3. The van der Waals surface area contributed by atoms with Crippen LogP contribution in [0, 0.1) is 5.41 Å². The standard InChI is InChI=1S/C25H32N4O2.2CH2O2/c30-24-25(9-12-29(24)14-13-27-15-17-31-18-16-27)8-11-28(20-25)19-21-4-6-22(7-5-21)23-3-1-2-10-26-23;2*2-1-3/h1-7,10H,8-9,11-20H2;2*1H,(H,2,3). The zero-order chi connectivity index (χ0) is 26.5. The maximum Gasteiger partial charge on any atom is 0.290 e. The van der Waals surface area contributed by atoms with E-state index in [0.29, 0.717) is 5.91 Å². The van der Waals surface area contributed by atoms with Gasteiger partial charge in [-0.1, -0.05) is 30.3 Å². The zero-order valence-corrected chi connectivity index (χ0v) is 21.1. The van der Waals surface area contributed by atoms with Gasteiger partial charge in [0.05, 0.1) is 24.3 Å². The first-order valence-corrected chi connectivity index (χ1v) is 12.5. The molecule has 4 heterocycles. The number of carboxylic acid groups (broad SMARTS) is 2. The Hall–Kier alpha value is -3.34. The van der Waals surface area contributed by atoms with E-state index >= 15 is 0 Å². The number of hydrogen-bond donors (Lipinski definition) is 2. The third kappa shape index (κ3) is 7.82. The summed E-state index contributed by atoms with van der Waals surface area (Å²) < 4.78 is 5.43. The molecule has 1 amide bonds. The van der Waals surface area contributed by atoms with Crippen molar-refractivity contribution in [3.05, 3.63) is 54.2 Å². The largest absolute Gasteiger partial charge is 0.483 e. The van der Waals surface area contributed by atoms with Crippen LogP contribution in [-0.4, -0.2) is 108 Å². The highest BCUT2D eigenvalue weighted by Crippen LogP contribution is 2.41. The first-order chi connectivity index (χ1) is 18.0. The molecule has 37 heavy (non-hydrogen) atoms. The van der Waals surface area contributed by atoms with E-state index in [4.69, 9.17) is 24.5 Å². The third-order valence-electron chi connectivity index (χ3n) is 7.14. The SMILES string of the molecule is O=C1N(CCN2CCOCC2)CCC12CCN(Cc1ccc(-c3ccccn3)cc1)C2.O=CO.O=CO. The average Bonchev–Trinajstić information content (AvgIpc) is 3.48. The number of amides is 1. The molecule has 0 saturated carbocycles. The van der Waals surface area contributed by atoms with Gasteiger partial charge >= 0.3 is 0 Å². The van der Waals surface area contributed by atoms with Crippen molar-refractivity contribution in [3.63, 3.8) is 0 Å². The second-order valence-corrected chi connectivity index (χ2v) is 9.36. The molecule has 3 aliphatic heterocycles. The summed E-state index contributed by atoms with van der Waals surface area (Å²) >= 11 is 0. The number of rotatable bonds is 6. The maximum absolute atomic E-state index is 13.3. The molecule has 10 nitrogen and oxygen atoms in total. The molecular weight excluding hydrogens is 476 g/mol. The van der Waals surface area contributed by atoms with Crippen LogP contribution < -0.4 is 0 Å². The van der Waals surface area contributed by atoms with Crippen LogP contribution in [-0.2, 0) is 25.7 Å². The van der Waals surface area contributed by atoms with Gasteiger partial charge in [0.15, 0.2) is 0 Å². The van der Waals surface area contributed by atoms with Crippen molar-refractivity contribution in [2.24, 2.45) is 5.41 Å². The van der Waals surface area contributed by atoms with Gasteiger partial charge in [-0.3, -0.25) is 29.2 Å². The Morgan fingerprint density at radius 1 is 0.892 bits per heavy atom. The molecule has 2 N–H and O–H groups in total. The number of likely N-dealkylation sites (tertiary alicyclic amines) is 2. The van der Waals surface area contributed by atoms with E-state index in [1.165, 1.54) is 5.56 Å². The minimum absolute atomic E-state index is 0.154. The Morgan fingerprint density at radius 3 is 2.22 bits per heavy atom. The summed E-state index contributed by atoms with van der Waals surface area (Å²) in [6.07, 6.45) is 3.83. The van der Waals surface area contributed by atoms with Gasteiger partial charge in [-0.05, 0) is 37.1 Å². The quantitative estimate of drug-likeness (QED) is 0.559. The van der Waals surface area contributed by atoms with E-state index in [9.17, 15) is 4.79 Å². The number of pyridine rings is 1. The lowest BCUT2D eigenvalue weighted by Gasteiger charge is -2.29. The highest BCUT2D eigenvalue weighted by molar-refractivity contribution is 5.85. The predicted octanol–water partition coefficient (Wildman–Crippen LogP) is 1.91. The normalized spacial score (nSPS) is 21.6. The third-order valence-corrected chi connectivity index (χ3v) is 7.14. The molecule has 0 bridgehead atoms. The summed E-state index contributed by atoms with van der Waals surface area (Å²) in [5.74, 6) is 0.383. The van der Waals surface area contributed by atoms with Crippen molar-refractivity contribution in [1.29, 1.82) is 0 Å². The van der Waals surface area contributed by atoms with Crippen molar-refractivity contribution in [2.45, 2.75) is 19.4 Å². The smallest absolute Gasteiger partial charge is 0.290 e. The molecule has 1 aromatic carbocycles. The highest BCUT2D eigenvalue weighted by Gasteiger charge is 2.50. The summed E-state index contributed by atoms with van der Waals surface area (Å²) in [5.41, 5.74) is 3.29. The molecule has 5 rings (SSSR count). The Bertz CT molecular complexity index is 978. The van der Waals surface area contributed by atoms with Gasteiger partial charge in [0.2, 0.25) is 5.91 Å². The molecule has 2 aromatic rings. The van der Waals surface area contributed by atoms with Crippen LogP contribution in [0.1, 0.15) is 18.4 Å². The number of hydrogen-bond acceptors (Lipinski definition) is 7. The van der Waals surface area contributed by atoms with E-state index in [-0.39, 0.29) is 18.4 Å². The van der Waals surface area contributed by atoms with Crippen molar-refractivity contribution < 1.29 is 29.3 Å². The topological polar surface area (TPSA) is 124 Å². The van der Waals surface area contributed by atoms with E-state index in [1.807, 2.05) is 24.4 Å². The minimum Gasteiger partial charge on any atom is -0.483 e. The van der Waals surface area contributed by atoms with Crippen molar-refractivity contribution in [1.82, 2.24) is 19.7 Å². The lowest BCUT2D eigenvalue weighted by atomic mass is 9.85. The van der Waals surface area contributed by atoms with Crippen LogP contribution in [0.25, 0.3) is 11.3 Å². The van der Waals surface area contributed by atoms with Crippen LogP contribution in [0.4, 0.5) is 0 Å². The molecule has 3 saturated heterocycles. The zero-order valence-electron chi connectivity index (χ0n) is 21.1. The summed E-state index contributed by atoms with van der Waals surface area (Å²) in [6.45, 7) is 8.65. The molecule has 200 valence electrons. The monoisotopic (exact) mass is 512 g/mol. The molecule has 10 heteroatoms. The molecule has 1 spiro atoms. The Labute approximate surface area is 217 Å². The van der Waals surface area contributed by atoms with Crippen molar-refractivity contribution in [3.8, 4) is 11.3 Å². The van der Waals surface area contributed by atoms with Gasteiger partial charge in [0.25, 0.3) is 12.9 Å². The Kier molecular flexibility index (Phi) is 11.0. The molecule has 1 aromatic heterocycles. The predicted molar refractivity (Wildman–Crippen MR) is 138 cm³/mol. The fourth-order valence-electron chi connectivity index (χ4n) is 5.24. The van der Waals surface area contributed by atoms with Crippen molar-refractivity contribution >= 4 is 18.9 Å². The summed E-state index contributed by atoms with van der Waals surface area (Å²) in [4.78, 5) is 41.4. The second-order valence-electron chi connectivity index (χ2n) is 9.36. The second kappa shape index (κ2) is 14.4. The fourth-order valence-corrected chi connectivity index (χ4v) is 5.24. The van der Waals surface area contributed by atoms with Crippen LogP contribution >= 0.6 is 0 Å². The molecule has 1 unspecified atom stereocenters. The first-order valence-electron chi connectivity index (χ1n) is 12.5. The molecule has 1 atom stereocenters. The van der Waals surface area contributed by atoms with Crippen LogP contribution in [0.2, 0.25) is 0 Å². The average molecular weight is 513 g/mol. The van der Waals surface area contributed by atoms with Crippen LogP contribution in [0.3, 0.4) is 0 Å². The van der Waals surface area contributed by atoms with Gasteiger partial charge in [0, 0.05) is 57.6 Å². The molecule has 3 fully saturated rings. The molecule has 0 radical (unpaired) electrons. The number of benzene rings is 1. The Morgan fingerprint density at radius 2 is 1.57 bits per heavy atom. The number of nitrogens with zero attached hydrogens (tertiary/aromatic N) is 4. The van der Waals surface area contributed by atoms with Gasteiger partial charge in [0.1, 0.15) is 0 Å². The number of carbonyl (C=O) groups is 3. The van der Waals surface area contributed by atoms with Gasteiger partial charge in [-0.25, -0.2) is 0 Å². The first kappa shape index (κ1) is 28.2. The lowest BCUT2D eigenvalue weighted by molar-refractivity contribution is -0.135. The highest BCUT2D eigenvalue weighted by atomic mass is 16.5. The van der Waals surface area contributed by atoms with Gasteiger partial charge in [-0.15, -0.1) is 0 Å². The van der Waals surface area contributed by atoms with Crippen LogP contribution in [0.15, 0.2) is 48.7 Å². The van der Waals surface area contributed by atoms with E-state index in [1.54, 1.807) is 0 Å². The van der Waals surface area contributed by atoms with Gasteiger partial charge < -0.3 is 19.8 Å². The van der Waals surface area contributed by atoms with E-state index < -0.39 is 0 Å². The number of ether oxygens (including phenoxy) is 1. The fraction of sp³-hybridized carbons (Fsp3) is 0.481. The minimum atomic E-state index is -0.250. The number of aromatic nitrogens is 1. The van der Waals surface area contributed by atoms with Gasteiger partial charge in [-0.2, -0.15) is 0 Å². The summed E-state index contributed by atoms with van der Waals surface area (Å²) in [6, 6.07) is 14.7. The summed E-state index contributed by atoms with van der Waals surface area (Å²) in [7, 11) is 0. The van der Waals surface area contributed by atoms with E-state index in [2.05, 4.69) is 43.9 Å². The molecular formula is C27H36N4O6. The van der Waals surface area contributed by atoms with E-state index in [0.717, 1.165) is 89.7 Å². The number of morpholine rings is 1. The van der Waals surface area contributed by atoms with Crippen LogP contribution in [0.5, 0.6) is 0 Å². The molecule has 0 aliphatic carbocycles. The summed E-state index contributed by atoms with van der Waals surface area (Å²) in [5, 5.41) is 13.8. The lowest BCUT2D eigenvalue weighted by Crippen LogP contribution is -2.43. The molecule has 3 aliphatic rings. The van der Waals surface area contributed by atoms with Crippen molar-refractivity contribution in [2.75, 3.05) is 59.0 Å². The Balaban J connectivity index is 0.000000580.